The van der Waals surface area contributed by atoms with Gasteiger partial charge in [0.1, 0.15) is 5.75 Å². The van der Waals surface area contributed by atoms with Crippen molar-refractivity contribution < 1.29 is 14.6 Å². The smallest absolute Gasteiger partial charge is 0.256 e. The summed E-state index contributed by atoms with van der Waals surface area (Å²) < 4.78 is 7.47. The van der Waals surface area contributed by atoms with Gasteiger partial charge in [-0.25, -0.2) is 0 Å². The summed E-state index contributed by atoms with van der Waals surface area (Å²) in [5.74, 6) is 0.267. The zero-order valence-electron chi connectivity index (χ0n) is 16.0. The highest BCUT2D eigenvalue weighted by atomic mass is 16.5. The van der Waals surface area contributed by atoms with Gasteiger partial charge in [-0.15, -0.1) is 0 Å². The van der Waals surface area contributed by atoms with Gasteiger partial charge in [0.2, 0.25) is 0 Å². The average molecular weight is 378 g/mol. The lowest BCUT2D eigenvalue weighted by molar-refractivity contribution is 0.0304. The summed E-state index contributed by atoms with van der Waals surface area (Å²) in [5, 5.41) is 10.8. The molecule has 1 aromatic heterocycles. The average Bonchev–Trinajstić information content (AvgIpc) is 3.10. The van der Waals surface area contributed by atoms with Crippen LogP contribution in [-0.2, 0) is 17.7 Å². The number of hydrogen-bond donors (Lipinski definition) is 1. The predicted molar refractivity (Wildman–Crippen MR) is 110 cm³/mol. The van der Waals surface area contributed by atoms with Crippen molar-refractivity contribution in [3.05, 3.63) is 65.9 Å². The first-order valence-corrected chi connectivity index (χ1v) is 9.95. The number of benzene rings is 2. The van der Waals surface area contributed by atoms with Crippen LogP contribution in [0, 0.1) is 0 Å². The fourth-order valence-electron chi connectivity index (χ4n) is 3.83. The summed E-state index contributed by atoms with van der Waals surface area (Å²) >= 11 is 0. The van der Waals surface area contributed by atoms with Crippen molar-refractivity contribution >= 4 is 16.8 Å². The lowest BCUT2D eigenvalue weighted by Gasteiger charge is -2.26. The molecule has 5 heteroatoms. The Balaban J connectivity index is 1.50. The third kappa shape index (κ3) is 4.04. The zero-order valence-corrected chi connectivity index (χ0v) is 16.0. The van der Waals surface area contributed by atoms with Crippen LogP contribution in [0.5, 0.6) is 5.75 Å². The first-order chi connectivity index (χ1) is 13.7. The van der Waals surface area contributed by atoms with Crippen molar-refractivity contribution in [2.75, 3.05) is 26.3 Å². The van der Waals surface area contributed by atoms with Gasteiger partial charge in [-0.3, -0.25) is 4.79 Å². The molecule has 1 aliphatic rings. The summed E-state index contributed by atoms with van der Waals surface area (Å²) in [7, 11) is 0. The van der Waals surface area contributed by atoms with Crippen molar-refractivity contribution in [1.29, 1.82) is 0 Å². The Bertz CT molecular complexity index is 943. The Labute approximate surface area is 165 Å². The number of nitrogens with zero attached hydrogens (tertiary/aromatic N) is 2. The number of phenolic OH excluding ortho intramolecular Hbond substituents is 1. The molecular formula is C23H26N2O3. The standard InChI is InChI=1S/C23H26N2O3/c26-19-9-10-20-21(23(27)24-12-14-28-15-13-24)17-25(22(20)16-19)11-5-4-8-18-6-2-1-3-7-18/h1-3,6-7,9-10,16-17,26H,4-5,8,11-15H2. The van der Waals surface area contributed by atoms with E-state index < -0.39 is 0 Å². The second kappa shape index (κ2) is 8.48. The van der Waals surface area contributed by atoms with Gasteiger partial charge in [-0.2, -0.15) is 0 Å². The number of unbranched alkanes of at least 4 members (excludes halogenated alkanes) is 1. The van der Waals surface area contributed by atoms with Gasteiger partial charge in [-0.1, -0.05) is 30.3 Å². The number of aromatic nitrogens is 1. The van der Waals surface area contributed by atoms with Gasteiger partial charge >= 0.3 is 0 Å². The number of hydrogen-bond acceptors (Lipinski definition) is 3. The number of ether oxygens (including phenoxy) is 1. The number of carbonyl (C=O) groups is 1. The van der Waals surface area contributed by atoms with Crippen LogP contribution in [-0.4, -0.2) is 46.8 Å². The van der Waals surface area contributed by atoms with Crippen LogP contribution in [0.25, 0.3) is 10.9 Å². The molecule has 0 radical (unpaired) electrons. The van der Waals surface area contributed by atoms with Crippen molar-refractivity contribution in [2.24, 2.45) is 0 Å². The van der Waals surface area contributed by atoms with Crippen LogP contribution in [0.1, 0.15) is 28.8 Å². The molecule has 0 saturated carbocycles. The van der Waals surface area contributed by atoms with E-state index in [-0.39, 0.29) is 11.7 Å². The molecular weight excluding hydrogens is 352 g/mol. The van der Waals surface area contributed by atoms with E-state index in [0.29, 0.717) is 31.9 Å². The van der Waals surface area contributed by atoms with Gasteiger partial charge in [0.25, 0.3) is 5.91 Å². The van der Waals surface area contributed by atoms with Crippen LogP contribution in [0.15, 0.2) is 54.7 Å². The molecule has 0 spiro atoms. The molecule has 1 amide bonds. The second-order valence-electron chi connectivity index (χ2n) is 7.28. The number of rotatable bonds is 6. The predicted octanol–water partition coefficient (Wildman–Crippen LogP) is 3.84. The minimum atomic E-state index is 0.0435. The van der Waals surface area contributed by atoms with Crippen LogP contribution >= 0.6 is 0 Å². The summed E-state index contributed by atoms with van der Waals surface area (Å²) in [6.07, 6.45) is 5.09. The molecule has 2 aromatic carbocycles. The highest BCUT2D eigenvalue weighted by molar-refractivity contribution is 6.07. The molecule has 4 rings (SSSR count). The second-order valence-corrected chi connectivity index (χ2v) is 7.28. The van der Waals surface area contributed by atoms with E-state index in [1.807, 2.05) is 23.2 Å². The van der Waals surface area contributed by atoms with E-state index in [4.69, 9.17) is 4.74 Å². The molecule has 2 heterocycles. The third-order valence-electron chi connectivity index (χ3n) is 5.35. The molecule has 3 aromatic rings. The third-order valence-corrected chi connectivity index (χ3v) is 5.35. The van der Waals surface area contributed by atoms with E-state index >= 15 is 0 Å². The minimum Gasteiger partial charge on any atom is -0.508 e. The first kappa shape index (κ1) is 18.6. The molecule has 0 unspecified atom stereocenters. The topological polar surface area (TPSA) is 54.7 Å². The fourth-order valence-corrected chi connectivity index (χ4v) is 3.83. The number of phenols is 1. The monoisotopic (exact) mass is 378 g/mol. The quantitative estimate of drug-likeness (QED) is 0.663. The highest BCUT2D eigenvalue weighted by Crippen LogP contribution is 2.27. The van der Waals surface area contributed by atoms with E-state index in [1.165, 1.54) is 5.56 Å². The summed E-state index contributed by atoms with van der Waals surface area (Å²) in [6.45, 7) is 3.25. The number of aromatic hydroxyl groups is 1. The number of carbonyl (C=O) groups excluding carboxylic acids is 1. The van der Waals surface area contributed by atoms with E-state index in [1.54, 1.807) is 12.1 Å². The molecule has 146 valence electrons. The molecule has 1 N–H and O–H groups in total. The van der Waals surface area contributed by atoms with E-state index in [0.717, 1.165) is 36.7 Å². The van der Waals surface area contributed by atoms with Crippen LogP contribution in [0.4, 0.5) is 0 Å². The molecule has 1 fully saturated rings. The lowest BCUT2D eigenvalue weighted by atomic mass is 10.1. The molecule has 0 bridgehead atoms. The maximum Gasteiger partial charge on any atom is 0.256 e. The number of aryl methyl sites for hydroxylation is 2. The van der Waals surface area contributed by atoms with Crippen molar-refractivity contribution in [3.63, 3.8) is 0 Å². The number of fused-ring (bicyclic) bond motifs is 1. The highest BCUT2D eigenvalue weighted by Gasteiger charge is 2.22. The lowest BCUT2D eigenvalue weighted by Crippen LogP contribution is -2.40. The van der Waals surface area contributed by atoms with Crippen molar-refractivity contribution in [1.82, 2.24) is 9.47 Å². The van der Waals surface area contributed by atoms with Gasteiger partial charge in [-0.05, 0) is 37.0 Å². The molecule has 0 aliphatic carbocycles. The number of morpholine rings is 1. The Morgan fingerprint density at radius 2 is 1.82 bits per heavy atom. The summed E-state index contributed by atoms with van der Waals surface area (Å²) in [4.78, 5) is 14.9. The maximum absolute atomic E-state index is 13.0. The Morgan fingerprint density at radius 3 is 2.61 bits per heavy atom. The molecule has 28 heavy (non-hydrogen) atoms. The number of amides is 1. The molecule has 0 atom stereocenters. The largest absolute Gasteiger partial charge is 0.508 e. The van der Waals surface area contributed by atoms with Gasteiger partial charge in [0, 0.05) is 37.3 Å². The SMILES string of the molecule is O=C(c1cn(CCCCc2ccccc2)c2cc(O)ccc12)N1CCOCC1. The Hall–Kier alpha value is -2.79. The zero-order chi connectivity index (χ0) is 19.3. The van der Waals surface area contributed by atoms with Crippen molar-refractivity contribution in [2.45, 2.75) is 25.8 Å². The molecule has 1 aliphatic heterocycles. The first-order valence-electron chi connectivity index (χ1n) is 9.95. The molecule has 1 saturated heterocycles. The normalized spacial score (nSPS) is 14.5. The van der Waals surface area contributed by atoms with Gasteiger partial charge < -0.3 is 19.3 Å². The molecule has 5 nitrogen and oxygen atoms in total. The van der Waals surface area contributed by atoms with Crippen molar-refractivity contribution in [3.8, 4) is 5.75 Å². The Kier molecular flexibility index (Phi) is 5.63. The van der Waals surface area contributed by atoms with E-state index in [2.05, 4.69) is 28.8 Å². The van der Waals surface area contributed by atoms with E-state index in [9.17, 15) is 9.90 Å². The summed E-state index contributed by atoms with van der Waals surface area (Å²) in [6, 6.07) is 15.7. The minimum absolute atomic E-state index is 0.0435. The Morgan fingerprint density at radius 1 is 1.04 bits per heavy atom. The maximum atomic E-state index is 13.0. The summed E-state index contributed by atoms with van der Waals surface area (Å²) in [5.41, 5.74) is 2.97. The van der Waals surface area contributed by atoms with Crippen LogP contribution < -0.4 is 0 Å². The fraction of sp³-hybridized carbons (Fsp3) is 0.348. The van der Waals surface area contributed by atoms with Gasteiger partial charge in [0.05, 0.1) is 24.3 Å². The van der Waals surface area contributed by atoms with Gasteiger partial charge in [0.15, 0.2) is 0 Å². The van der Waals surface area contributed by atoms with Crippen LogP contribution in [0.3, 0.4) is 0 Å². The van der Waals surface area contributed by atoms with Crippen LogP contribution in [0.2, 0.25) is 0 Å².